The Hall–Kier alpha value is -1.64. The molecule has 18 heavy (non-hydrogen) atoms. The van der Waals surface area contributed by atoms with E-state index in [-0.39, 0.29) is 5.56 Å². The molecule has 1 fully saturated rings. The second-order valence-electron chi connectivity index (χ2n) is 5.19. The maximum atomic E-state index is 12.3. The van der Waals surface area contributed by atoms with Gasteiger partial charge in [0.15, 0.2) is 0 Å². The summed E-state index contributed by atoms with van der Waals surface area (Å²) in [5.41, 5.74) is 0.919. The first-order valence-electron chi connectivity index (χ1n) is 6.73. The lowest BCUT2D eigenvalue weighted by Crippen LogP contribution is -2.25. The van der Waals surface area contributed by atoms with Gasteiger partial charge in [-0.05, 0) is 25.0 Å². The summed E-state index contributed by atoms with van der Waals surface area (Å²) in [5, 5.41) is 0.722. The number of para-hydroxylation sites is 1. The highest BCUT2D eigenvalue weighted by atomic mass is 16.1. The molecule has 0 spiro atoms. The molecule has 3 rings (SSSR count). The van der Waals surface area contributed by atoms with Crippen LogP contribution in [-0.4, -0.2) is 9.55 Å². The summed E-state index contributed by atoms with van der Waals surface area (Å²) < 4.78 is 1.75. The molecule has 0 N–H and O–H groups in total. The van der Waals surface area contributed by atoms with Crippen LogP contribution in [0.1, 0.15) is 43.8 Å². The second-order valence-corrected chi connectivity index (χ2v) is 5.19. The van der Waals surface area contributed by atoms with E-state index in [1.807, 2.05) is 31.3 Å². The minimum absolute atomic E-state index is 0.0844. The van der Waals surface area contributed by atoms with Crippen molar-refractivity contribution in [1.82, 2.24) is 9.55 Å². The molecular weight excluding hydrogens is 224 g/mol. The SMILES string of the molecule is Cn1c(C2CCCCC2)nc2ccccc2c1=O. The van der Waals surface area contributed by atoms with Crippen molar-refractivity contribution in [2.24, 2.45) is 7.05 Å². The average molecular weight is 242 g/mol. The van der Waals surface area contributed by atoms with E-state index in [9.17, 15) is 4.79 Å². The summed E-state index contributed by atoms with van der Waals surface area (Å²) in [5.74, 6) is 1.43. The predicted molar refractivity (Wildman–Crippen MR) is 72.8 cm³/mol. The van der Waals surface area contributed by atoms with Gasteiger partial charge in [0.2, 0.25) is 0 Å². The maximum Gasteiger partial charge on any atom is 0.261 e. The highest BCUT2D eigenvalue weighted by Crippen LogP contribution is 2.31. The molecule has 0 aliphatic heterocycles. The van der Waals surface area contributed by atoms with E-state index in [1.165, 1.54) is 32.1 Å². The van der Waals surface area contributed by atoms with Gasteiger partial charge in [-0.3, -0.25) is 9.36 Å². The Morgan fingerprint density at radius 3 is 2.67 bits per heavy atom. The monoisotopic (exact) mass is 242 g/mol. The number of aromatic nitrogens is 2. The van der Waals surface area contributed by atoms with Crippen LogP contribution in [0.4, 0.5) is 0 Å². The molecule has 0 amide bonds. The molecule has 1 saturated carbocycles. The maximum absolute atomic E-state index is 12.3. The zero-order valence-electron chi connectivity index (χ0n) is 10.7. The predicted octanol–water partition coefficient (Wildman–Crippen LogP) is 2.98. The lowest BCUT2D eigenvalue weighted by molar-refractivity contribution is 0.417. The van der Waals surface area contributed by atoms with Gasteiger partial charge in [-0.2, -0.15) is 0 Å². The topological polar surface area (TPSA) is 34.9 Å². The lowest BCUT2D eigenvalue weighted by atomic mass is 9.88. The molecule has 3 nitrogen and oxygen atoms in total. The van der Waals surface area contributed by atoms with Crippen molar-refractivity contribution < 1.29 is 0 Å². The van der Waals surface area contributed by atoms with Crippen molar-refractivity contribution in [3.63, 3.8) is 0 Å². The summed E-state index contributed by atoms with van der Waals surface area (Å²) >= 11 is 0. The zero-order chi connectivity index (χ0) is 12.5. The first-order valence-corrected chi connectivity index (χ1v) is 6.73. The van der Waals surface area contributed by atoms with Gasteiger partial charge in [0.1, 0.15) is 5.82 Å². The highest BCUT2D eigenvalue weighted by Gasteiger charge is 2.20. The van der Waals surface area contributed by atoms with Gasteiger partial charge in [-0.1, -0.05) is 31.4 Å². The molecule has 0 unspecified atom stereocenters. The number of hydrogen-bond donors (Lipinski definition) is 0. The van der Waals surface area contributed by atoms with Crippen LogP contribution < -0.4 is 5.56 Å². The summed E-state index contributed by atoms with van der Waals surface area (Å²) in [6.45, 7) is 0. The molecule has 2 aromatic rings. The van der Waals surface area contributed by atoms with Crippen molar-refractivity contribution in [1.29, 1.82) is 0 Å². The van der Waals surface area contributed by atoms with Crippen LogP contribution in [0.3, 0.4) is 0 Å². The molecule has 0 atom stereocenters. The van der Waals surface area contributed by atoms with E-state index in [2.05, 4.69) is 0 Å². The number of nitrogens with zero attached hydrogens (tertiary/aromatic N) is 2. The van der Waals surface area contributed by atoms with Crippen LogP contribution in [0.15, 0.2) is 29.1 Å². The molecule has 94 valence electrons. The van der Waals surface area contributed by atoms with Crippen LogP contribution in [0, 0.1) is 0 Å². The minimum atomic E-state index is 0.0844. The third-order valence-electron chi connectivity index (χ3n) is 3.99. The smallest absolute Gasteiger partial charge is 0.261 e. The fraction of sp³-hybridized carbons (Fsp3) is 0.467. The molecule has 3 heteroatoms. The molecule has 0 radical (unpaired) electrons. The van der Waals surface area contributed by atoms with Gasteiger partial charge >= 0.3 is 0 Å². The van der Waals surface area contributed by atoms with Crippen LogP contribution in [0.5, 0.6) is 0 Å². The highest BCUT2D eigenvalue weighted by molar-refractivity contribution is 5.77. The first-order chi connectivity index (χ1) is 8.77. The van der Waals surface area contributed by atoms with E-state index in [4.69, 9.17) is 4.98 Å². The second kappa shape index (κ2) is 4.56. The van der Waals surface area contributed by atoms with Crippen LogP contribution in [-0.2, 0) is 7.05 Å². The fourth-order valence-electron chi connectivity index (χ4n) is 2.96. The van der Waals surface area contributed by atoms with Gasteiger partial charge in [0, 0.05) is 13.0 Å². The molecule has 1 heterocycles. The summed E-state index contributed by atoms with van der Waals surface area (Å²) in [6.07, 6.45) is 6.16. The van der Waals surface area contributed by atoms with Gasteiger partial charge in [0.25, 0.3) is 5.56 Å². The molecule has 0 saturated heterocycles. The average Bonchev–Trinajstić information content (AvgIpc) is 2.44. The fourth-order valence-corrected chi connectivity index (χ4v) is 2.96. The Morgan fingerprint density at radius 1 is 1.17 bits per heavy atom. The summed E-state index contributed by atoms with van der Waals surface area (Å²) in [4.78, 5) is 17.0. The van der Waals surface area contributed by atoms with Gasteiger partial charge in [-0.15, -0.1) is 0 Å². The first kappa shape index (κ1) is 11.5. The number of benzene rings is 1. The Labute approximate surface area is 106 Å². The third-order valence-corrected chi connectivity index (χ3v) is 3.99. The van der Waals surface area contributed by atoms with E-state index < -0.39 is 0 Å². The largest absolute Gasteiger partial charge is 0.299 e. The molecule has 1 aromatic heterocycles. The molecule has 0 bridgehead atoms. The standard InChI is InChI=1S/C15H18N2O/c1-17-14(11-7-3-2-4-8-11)16-13-10-6-5-9-12(13)15(17)18/h5-6,9-11H,2-4,7-8H2,1H3. The Kier molecular flexibility index (Phi) is 2.90. The number of hydrogen-bond acceptors (Lipinski definition) is 2. The minimum Gasteiger partial charge on any atom is -0.299 e. The van der Waals surface area contributed by atoms with Crippen molar-refractivity contribution in [2.45, 2.75) is 38.0 Å². The van der Waals surface area contributed by atoms with Crippen molar-refractivity contribution in [3.8, 4) is 0 Å². The molecule has 1 aliphatic rings. The normalized spacial score (nSPS) is 17.2. The Balaban J connectivity index is 2.17. The van der Waals surface area contributed by atoms with E-state index in [1.54, 1.807) is 4.57 Å². The van der Waals surface area contributed by atoms with E-state index in [0.29, 0.717) is 5.92 Å². The molecule has 1 aliphatic carbocycles. The number of fused-ring (bicyclic) bond motifs is 1. The summed E-state index contributed by atoms with van der Waals surface area (Å²) in [7, 11) is 1.85. The third kappa shape index (κ3) is 1.84. The summed E-state index contributed by atoms with van der Waals surface area (Å²) in [6, 6.07) is 7.63. The van der Waals surface area contributed by atoms with Gasteiger partial charge < -0.3 is 0 Å². The lowest BCUT2D eigenvalue weighted by Gasteiger charge is -2.23. The number of rotatable bonds is 1. The zero-order valence-corrected chi connectivity index (χ0v) is 10.7. The van der Waals surface area contributed by atoms with Crippen molar-refractivity contribution in [2.75, 3.05) is 0 Å². The van der Waals surface area contributed by atoms with E-state index >= 15 is 0 Å². The van der Waals surface area contributed by atoms with Gasteiger partial charge in [0.05, 0.1) is 10.9 Å². The van der Waals surface area contributed by atoms with Crippen molar-refractivity contribution in [3.05, 3.63) is 40.4 Å². The Morgan fingerprint density at radius 2 is 1.89 bits per heavy atom. The quantitative estimate of drug-likeness (QED) is 0.770. The van der Waals surface area contributed by atoms with Crippen LogP contribution >= 0.6 is 0 Å². The molecule has 1 aromatic carbocycles. The van der Waals surface area contributed by atoms with Crippen LogP contribution in [0.25, 0.3) is 10.9 Å². The molecular formula is C15H18N2O. The van der Waals surface area contributed by atoms with Crippen LogP contribution in [0.2, 0.25) is 0 Å². The van der Waals surface area contributed by atoms with Gasteiger partial charge in [-0.25, -0.2) is 4.98 Å². The van der Waals surface area contributed by atoms with Crippen molar-refractivity contribution >= 4 is 10.9 Å². The van der Waals surface area contributed by atoms with E-state index in [0.717, 1.165) is 16.7 Å². The Bertz CT molecular complexity index is 624.